The van der Waals surface area contributed by atoms with Gasteiger partial charge in [0, 0.05) is 26.2 Å². The normalized spacial score (nSPS) is 18.0. The van der Waals surface area contributed by atoms with Gasteiger partial charge in [-0.15, -0.1) is 0 Å². The second-order valence-corrected chi connectivity index (χ2v) is 7.36. The quantitative estimate of drug-likeness (QED) is 0.763. The summed E-state index contributed by atoms with van der Waals surface area (Å²) in [5, 5.41) is 0. The summed E-state index contributed by atoms with van der Waals surface area (Å²) >= 11 is 0. The van der Waals surface area contributed by atoms with Gasteiger partial charge in [-0.3, -0.25) is 0 Å². The van der Waals surface area contributed by atoms with Crippen LogP contribution < -0.4 is 0 Å². The van der Waals surface area contributed by atoms with Gasteiger partial charge in [0.15, 0.2) is 0 Å². The summed E-state index contributed by atoms with van der Waals surface area (Å²) in [6, 6.07) is 17.6. The van der Waals surface area contributed by atoms with Crippen molar-refractivity contribution in [2.75, 3.05) is 33.7 Å². The molecule has 25 heavy (non-hydrogen) atoms. The minimum Gasteiger partial charge on any atom is -0.302 e. The topological polar surface area (TPSA) is 6.48 Å². The highest BCUT2D eigenvalue weighted by Crippen LogP contribution is 2.21. The van der Waals surface area contributed by atoms with Crippen LogP contribution in [0.3, 0.4) is 0 Å². The zero-order chi connectivity index (χ0) is 17.6. The van der Waals surface area contributed by atoms with Crippen LogP contribution in [-0.4, -0.2) is 43.5 Å². The van der Waals surface area contributed by atoms with Crippen molar-refractivity contribution < 1.29 is 0 Å². The summed E-state index contributed by atoms with van der Waals surface area (Å²) < 4.78 is 0. The third-order valence-electron chi connectivity index (χ3n) is 5.16. The first-order valence-corrected chi connectivity index (χ1v) is 9.32. The first kappa shape index (κ1) is 17.9. The van der Waals surface area contributed by atoms with Gasteiger partial charge in [0.2, 0.25) is 0 Å². The molecule has 2 heteroatoms. The van der Waals surface area contributed by atoms with Crippen LogP contribution in [0, 0.1) is 6.92 Å². The molecule has 0 amide bonds. The van der Waals surface area contributed by atoms with Gasteiger partial charge in [-0.1, -0.05) is 60.2 Å². The summed E-state index contributed by atoms with van der Waals surface area (Å²) in [7, 11) is 4.35. The number of fused-ring (bicyclic) bond motifs is 1. The summed E-state index contributed by atoms with van der Waals surface area (Å²) in [5.74, 6) is 0. The van der Waals surface area contributed by atoms with Crippen LogP contribution in [0.4, 0.5) is 0 Å². The lowest BCUT2D eigenvalue weighted by molar-refractivity contribution is 0.313. The Balaban J connectivity index is 0.000000150. The van der Waals surface area contributed by atoms with Gasteiger partial charge in [0.25, 0.3) is 0 Å². The molecule has 0 saturated carbocycles. The average Bonchev–Trinajstić information content (AvgIpc) is 2.64. The van der Waals surface area contributed by atoms with E-state index in [1.54, 1.807) is 0 Å². The molecular formula is C23H30N2. The number of hydrogen-bond donors (Lipinski definition) is 0. The monoisotopic (exact) mass is 334 g/mol. The predicted molar refractivity (Wildman–Crippen MR) is 108 cm³/mol. The Labute approximate surface area is 152 Å². The lowest BCUT2D eigenvalue weighted by Gasteiger charge is -2.24. The van der Waals surface area contributed by atoms with Gasteiger partial charge < -0.3 is 9.80 Å². The van der Waals surface area contributed by atoms with E-state index in [0.717, 1.165) is 13.1 Å². The Hall–Kier alpha value is -1.90. The minimum atomic E-state index is 1.09. The van der Waals surface area contributed by atoms with Gasteiger partial charge in [-0.05, 0) is 56.1 Å². The average molecular weight is 335 g/mol. The summed E-state index contributed by atoms with van der Waals surface area (Å²) in [6.07, 6.45) is 4.74. The number of rotatable bonds is 1. The fourth-order valence-corrected chi connectivity index (χ4v) is 3.44. The van der Waals surface area contributed by atoms with E-state index < -0.39 is 0 Å². The molecule has 0 radical (unpaired) electrons. The van der Waals surface area contributed by atoms with Crippen LogP contribution in [0.25, 0.3) is 5.57 Å². The number of aryl methyl sites for hydroxylation is 1. The van der Waals surface area contributed by atoms with Gasteiger partial charge in [0.1, 0.15) is 0 Å². The standard InChI is InChI=1S/C13H17N.C10H13N/c1-11-3-5-12(6-4-11)13-7-9-14(2)10-8-13;1-11-7-6-9-4-2-3-5-10(9)8-11/h3-7H,8-10H2,1-2H3;2-5H,6-8H2,1H3. The zero-order valence-electron chi connectivity index (χ0n) is 15.8. The number of hydrogen-bond acceptors (Lipinski definition) is 2. The van der Waals surface area contributed by atoms with E-state index in [4.69, 9.17) is 0 Å². The maximum atomic E-state index is 2.36. The van der Waals surface area contributed by atoms with Gasteiger partial charge in [-0.2, -0.15) is 0 Å². The molecule has 0 aromatic heterocycles. The zero-order valence-corrected chi connectivity index (χ0v) is 15.8. The first-order chi connectivity index (χ1) is 12.1. The Bertz CT molecular complexity index is 715. The summed E-state index contributed by atoms with van der Waals surface area (Å²) in [5.41, 5.74) is 7.26. The van der Waals surface area contributed by atoms with Crippen molar-refractivity contribution in [1.82, 2.24) is 9.80 Å². The number of benzene rings is 2. The molecule has 0 aliphatic carbocycles. The third-order valence-corrected chi connectivity index (χ3v) is 5.16. The highest BCUT2D eigenvalue weighted by atomic mass is 15.1. The van der Waals surface area contributed by atoms with Gasteiger partial charge in [-0.25, -0.2) is 0 Å². The van der Waals surface area contributed by atoms with Gasteiger partial charge in [0.05, 0.1) is 0 Å². The van der Waals surface area contributed by atoms with E-state index in [1.807, 2.05) is 0 Å². The Morgan fingerprint density at radius 1 is 0.760 bits per heavy atom. The molecular weight excluding hydrogens is 304 g/mol. The molecule has 0 saturated heterocycles. The van der Waals surface area contributed by atoms with Crippen molar-refractivity contribution in [2.45, 2.75) is 26.3 Å². The molecule has 0 unspecified atom stereocenters. The van der Waals surface area contributed by atoms with E-state index in [9.17, 15) is 0 Å². The maximum Gasteiger partial charge on any atom is 0.0233 e. The molecule has 0 atom stereocenters. The fraction of sp³-hybridized carbons (Fsp3) is 0.391. The van der Waals surface area contributed by atoms with Crippen LogP contribution in [0.1, 0.15) is 28.7 Å². The maximum absolute atomic E-state index is 2.36. The Morgan fingerprint density at radius 3 is 2.12 bits per heavy atom. The highest BCUT2D eigenvalue weighted by molar-refractivity contribution is 5.66. The van der Waals surface area contributed by atoms with E-state index in [-0.39, 0.29) is 0 Å². The van der Waals surface area contributed by atoms with Crippen molar-refractivity contribution in [3.8, 4) is 0 Å². The molecule has 0 bridgehead atoms. The molecule has 4 rings (SSSR count). The molecule has 2 aromatic carbocycles. The highest BCUT2D eigenvalue weighted by Gasteiger charge is 2.11. The largest absolute Gasteiger partial charge is 0.302 e. The Kier molecular flexibility index (Phi) is 6.06. The Morgan fingerprint density at radius 2 is 1.44 bits per heavy atom. The third kappa shape index (κ3) is 5.04. The molecule has 0 fully saturated rings. The second-order valence-electron chi connectivity index (χ2n) is 7.36. The predicted octanol–water partition coefficient (Wildman–Crippen LogP) is 4.39. The SMILES string of the molecule is CN1CCc2ccccc2C1.Cc1ccc(C2=CCN(C)CC2)cc1. The summed E-state index contributed by atoms with van der Waals surface area (Å²) in [6.45, 7) is 6.73. The molecule has 2 aliphatic heterocycles. The van der Waals surface area contributed by atoms with Crippen molar-refractivity contribution >= 4 is 5.57 Å². The van der Waals surface area contributed by atoms with Crippen molar-refractivity contribution in [1.29, 1.82) is 0 Å². The molecule has 2 heterocycles. The van der Waals surface area contributed by atoms with Crippen LogP contribution in [-0.2, 0) is 13.0 Å². The minimum absolute atomic E-state index is 1.09. The number of nitrogens with zero attached hydrogens (tertiary/aromatic N) is 2. The summed E-state index contributed by atoms with van der Waals surface area (Å²) in [4.78, 5) is 4.71. The molecule has 2 aromatic rings. The van der Waals surface area contributed by atoms with Gasteiger partial charge >= 0.3 is 0 Å². The van der Waals surface area contributed by atoms with E-state index in [2.05, 4.69) is 85.4 Å². The van der Waals surface area contributed by atoms with Crippen LogP contribution >= 0.6 is 0 Å². The van der Waals surface area contributed by atoms with Crippen molar-refractivity contribution in [3.63, 3.8) is 0 Å². The molecule has 2 nitrogen and oxygen atoms in total. The molecule has 0 spiro atoms. The van der Waals surface area contributed by atoms with E-state index in [1.165, 1.54) is 53.8 Å². The molecule has 0 N–H and O–H groups in total. The van der Waals surface area contributed by atoms with E-state index >= 15 is 0 Å². The van der Waals surface area contributed by atoms with Crippen LogP contribution in [0.15, 0.2) is 54.6 Å². The lowest BCUT2D eigenvalue weighted by atomic mass is 9.99. The van der Waals surface area contributed by atoms with Crippen molar-refractivity contribution in [2.24, 2.45) is 0 Å². The fourth-order valence-electron chi connectivity index (χ4n) is 3.44. The van der Waals surface area contributed by atoms with E-state index in [0.29, 0.717) is 0 Å². The van der Waals surface area contributed by atoms with Crippen LogP contribution in [0.5, 0.6) is 0 Å². The smallest absolute Gasteiger partial charge is 0.0233 e. The first-order valence-electron chi connectivity index (χ1n) is 9.32. The lowest BCUT2D eigenvalue weighted by Crippen LogP contribution is -2.26. The molecule has 2 aliphatic rings. The number of likely N-dealkylation sites (N-methyl/N-ethyl adjacent to an activating group) is 2. The second kappa shape index (κ2) is 8.46. The van der Waals surface area contributed by atoms with Crippen molar-refractivity contribution in [3.05, 3.63) is 76.9 Å². The molecule has 132 valence electrons. The van der Waals surface area contributed by atoms with Crippen LogP contribution in [0.2, 0.25) is 0 Å².